The van der Waals surface area contributed by atoms with Gasteiger partial charge >= 0.3 is 6.18 Å². The lowest BCUT2D eigenvalue weighted by molar-refractivity contribution is -0.202. The summed E-state index contributed by atoms with van der Waals surface area (Å²) < 4.78 is 43.0. The normalized spacial score (nSPS) is 21.8. The fourth-order valence-electron chi connectivity index (χ4n) is 4.93. The molecule has 1 atom stereocenters. The number of nitrogens with one attached hydrogen (secondary N) is 2. The van der Waals surface area contributed by atoms with E-state index in [1.54, 1.807) is 6.20 Å². The number of alkyl halides is 3. The van der Waals surface area contributed by atoms with Gasteiger partial charge < -0.3 is 20.5 Å². The van der Waals surface area contributed by atoms with E-state index in [0.717, 1.165) is 87.5 Å². The second-order valence-electron chi connectivity index (χ2n) is 9.89. The summed E-state index contributed by atoms with van der Waals surface area (Å²) in [5.74, 6) is 1.80. The molecule has 1 aliphatic heterocycles. The van der Waals surface area contributed by atoms with Crippen LogP contribution in [0.15, 0.2) is 30.5 Å². The number of anilines is 1. The van der Waals surface area contributed by atoms with Crippen molar-refractivity contribution in [3.8, 4) is 11.3 Å². The maximum Gasteiger partial charge on any atom is 0.415 e. The Bertz CT molecular complexity index is 980. The molecule has 1 aliphatic carbocycles. The second-order valence-corrected chi connectivity index (χ2v) is 10.3. The molecule has 1 saturated heterocycles. The lowest BCUT2D eigenvalue weighted by Gasteiger charge is -2.30. The zero-order chi connectivity index (χ0) is 25.5. The number of rotatable bonds is 9. The van der Waals surface area contributed by atoms with Crippen LogP contribution in [-0.2, 0) is 11.2 Å². The summed E-state index contributed by atoms with van der Waals surface area (Å²) in [6, 6.07) is 7.86. The smallest absolute Gasteiger partial charge is 0.382 e. The largest absolute Gasteiger partial charge is 0.415 e. The van der Waals surface area contributed by atoms with Gasteiger partial charge in [0.2, 0.25) is 0 Å². The standard InChI is InChI=1S/C26H34ClF3N4O2.CH4/c27-22-15-31-20(12-17-4-6-19(7-5-17)32-16-24(35)26(28,29)30)13-21(22)23-2-1-3-25(34-23)33-14-18-8-10-36-11-9-18;/h1-3,13,15,17-19,24,32,35H,4-12,14,16H2,(H,33,34);1H4/t17?,19?,24-;/m1./s1. The number of aliphatic hydroxyl groups is 1. The predicted molar refractivity (Wildman–Crippen MR) is 141 cm³/mol. The minimum Gasteiger partial charge on any atom is -0.382 e. The van der Waals surface area contributed by atoms with Crippen LogP contribution in [0.4, 0.5) is 19.0 Å². The van der Waals surface area contributed by atoms with Gasteiger partial charge in [0.25, 0.3) is 0 Å². The summed E-state index contributed by atoms with van der Waals surface area (Å²) in [6.07, 6.45) is 0.988. The summed E-state index contributed by atoms with van der Waals surface area (Å²) in [5.41, 5.74) is 2.56. The predicted octanol–water partition coefficient (Wildman–Crippen LogP) is 5.89. The van der Waals surface area contributed by atoms with Gasteiger partial charge in [0, 0.05) is 49.8 Å². The Labute approximate surface area is 222 Å². The van der Waals surface area contributed by atoms with Crippen molar-refractivity contribution in [2.24, 2.45) is 11.8 Å². The van der Waals surface area contributed by atoms with Crippen LogP contribution >= 0.6 is 11.6 Å². The molecule has 2 fully saturated rings. The molecule has 2 aromatic rings. The minimum atomic E-state index is -4.59. The average Bonchev–Trinajstić information content (AvgIpc) is 2.88. The van der Waals surface area contributed by atoms with E-state index in [2.05, 4.69) is 15.6 Å². The minimum absolute atomic E-state index is 0. The van der Waals surface area contributed by atoms with E-state index in [1.165, 1.54) is 0 Å². The molecular weight excluding hydrogens is 505 g/mol. The molecule has 37 heavy (non-hydrogen) atoms. The van der Waals surface area contributed by atoms with Crippen LogP contribution in [0.25, 0.3) is 11.3 Å². The fourth-order valence-corrected chi connectivity index (χ4v) is 5.13. The van der Waals surface area contributed by atoms with Gasteiger partial charge in [-0.15, -0.1) is 0 Å². The topological polar surface area (TPSA) is 79.3 Å². The quantitative estimate of drug-likeness (QED) is 0.367. The number of nitrogens with zero attached hydrogens (tertiary/aromatic N) is 2. The first kappa shape index (κ1) is 29.6. The number of aliphatic hydroxyl groups excluding tert-OH is 1. The Morgan fingerprint density at radius 2 is 1.81 bits per heavy atom. The Morgan fingerprint density at radius 1 is 1.08 bits per heavy atom. The summed E-state index contributed by atoms with van der Waals surface area (Å²) in [5, 5.41) is 16.0. The van der Waals surface area contributed by atoms with Crippen LogP contribution in [0.3, 0.4) is 0 Å². The van der Waals surface area contributed by atoms with E-state index < -0.39 is 18.8 Å². The van der Waals surface area contributed by atoms with Crippen LogP contribution < -0.4 is 10.6 Å². The maximum atomic E-state index is 12.5. The third kappa shape index (κ3) is 8.80. The molecule has 0 bridgehead atoms. The lowest BCUT2D eigenvalue weighted by Crippen LogP contribution is -2.43. The van der Waals surface area contributed by atoms with Gasteiger partial charge in [0.15, 0.2) is 6.10 Å². The summed E-state index contributed by atoms with van der Waals surface area (Å²) in [7, 11) is 0. The summed E-state index contributed by atoms with van der Waals surface area (Å²) in [4.78, 5) is 9.30. The molecule has 0 spiro atoms. The first-order chi connectivity index (χ1) is 17.3. The highest BCUT2D eigenvalue weighted by molar-refractivity contribution is 6.33. The molecule has 1 saturated carbocycles. The Kier molecular flexibility index (Phi) is 11.0. The van der Waals surface area contributed by atoms with Crippen molar-refractivity contribution in [1.29, 1.82) is 0 Å². The number of halogens is 4. The SMILES string of the molecule is C.O[C@H](CNC1CCC(Cc2cc(-c3cccc(NCC4CCOCC4)n3)c(Cl)cn2)CC1)C(F)(F)F. The molecule has 2 aromatic heterocycles. The van der Waals surface area contributed by atoms with Gasteiger partial charge in [-0.25, -0.2) is 4.98 Å². The summed E-state index contributed by atoms with van der Waals surface area (Å²) in [6.45, 7) is 2.03. The van der Waals surface area contributed by atoms with Crippen molar-refractivity contribution in [1.82, 2.24) is 15.3 Å². The zero-order valence-corrected chi connectivity index (χ0v) is 21.0. The third-order valence-corrected chi connectivity index (χ3v) is 7.47. The van der Waals surface area contributed by atoms with E-state index in [4.69, 9.17) is 21.3 Å². The lowest BCUT2D eigenvalue weighted by atomic mass is 9.83. The molecule has 3 heterocycles. The molecule has 0 aromatic carbocycles. The van der Waals surface area contributed by atoms with Gasteiger partial charge in [0.05, 0.1) is 10.7 Å². The first-order valence-corrected chi connectivity index (χ1v) is 13.1. The van der Waals surface area contributed by atoms with Crippen molar-refractivity contribution in [2.75, 3.05) is 31.6 Å². The van der Waals surface area contributed by atoms with Gasteiger partial charge in [-0.2, -0.15) is 13.2 Å². The number of pyridine rings is 2. The van der Waals surface area contributed by atoms with E-state index in [0.29, 0.717) is 16.9 Å². The molecule has 206 valence electrons. The molecule has 3 N–H and O–H groups in total. The van der Waals surface area contributed by atoms with Crippen molar-refractivity contribution in [2.45, 2.75) is 70.7 Å². The van der Waals surface area contributed by atoms with Gasteiger partial charge in [0.1, 0.15) is 5.82 Å². The molecule has 4 rings (SSSR count). The highest BCUT2D eigenvalue weighted by Gasteiger charge is 2.38. The van der Waals surface area contributed by atoms with Crippen molar-refractivity contribution in [3.63, 3.8) is 0 Å². The molecule has 2 aliphatic rings. The number of aromatic nitrogens is 2. The highest BCUT2D eigenvalue weighted by Crippen LogP contribution is 2.31. The monoisotopic (exact) mass is 542 g/mol. The fraction of sp³-hybridized carbons (Fsp3) is 0.630. The highest BCUT2D eigenvalue weighted by atomic mass is 35.5. The third-order valence-electron chi connectivity index (χ3n) is 7.17. The van der Waals surface area contributed by atoms with Gasteiger partial charge in [-0.3, -0.25) is 4.98 Å². The van der Waals surface area contributed by atoms with Crippen LogP contribution in [0, 0.1) is 11.8 Å². The first-order valence-electron chi connectivity index (χ1n) is 12.7. The van der Waals surface area contributed by atoms with E-state index in [1.807, 2.05) is 24.3 Å². The van der Waals surface area contributed by atoms with Crippen molar-refractivity contribution < 1.29 is 23.0 Å². The molecular formula is C27H38ClF3N4O2. The van der Waals surface area contributed by atoms with E-state index >= 15 is 0 Å². The molecule has 0 radical (unpaired) electrons. The van der Waals surface area contributed by atoms with E-state index in [9.17, 15) is 18.3 Å². The molecule has 0 unspecified atom stereocenters. The Balaban J connectivity index is 0.00000380. The number of hydrogen-bond acceptors (Lipinski definition) is 6. The molecule has 0 amide bonds. The van der Waals surface area contributed by atoms with Gasteiger partial charge in [-0.05, 0) is 75.0 Å². The molecule has 10 heteroatoms. The molecule has 6 nitrogen and oxygen atoms in total. The van der Waals surface area contributed by atoms with E-state index in [-0.39, 0.29) is 13.5 Å². The Morgan fingerprint density at radius 3 is 2.51 bits per heavy atom. The average molecular weight is 543 g/mol. The van der Waals surface area contributed by atoms with Crippen LogP contribution in [0.2, 0.25) is 5.02 Å². The number of hydrogen-bond donors (Lipinski definition) is 3. The Hall–Kier alpha value is -1.94. The van der Waals surface area contributed by atoms with Crippen molar-refractivity contribution in [3.05, 3.63) is 41.2 Å². The van der Waals surface area contributed by atoms with Gasteiger partial charge in [-0.1, -0.05) is 25.1 Å². The van der Waals surface area contributed by atoms with Crippen LogP contribution in [0.1, 0.15) is 51.6 Å². The summed E-state index contributed by atoms with van der Waals surface area (Å²) >= 11 is 6.49. The van der Waals surface area contributed by atoms with Crippen molar-refractivity contribution >= 4 is 17.4 Å². The van der Waals surface area contributed by atoms with Crippen LogP contribution in [0.5, 0.6) is 0 Å². The maximum absolute atomic E-state index is 12.5. The van der Waals surface area contributed by atoms with Crippen LogP contribution in [-0.4, -0.2) is 59.7 Å². The second kappa shape index (κ2) is 13.7. The number of ether oxygens (including phenoxy) is 1. The zero-order valence-electron chi connectivity index (χ0n) is 20.2.